The number of anilines is 1. The molecule has 2 bridgehead atoms. The molecule has 1 amide bonds. The van der Waals surface area contributed by atoms with Crippen LogP contribution in [0.3, 0.4) is 0 Å². The number of hydrogen-bond donors (Lipinski definition) is 2. The van der Waals surface area contributed by atoms with Crippen LogP contribution < -0.4 is 14.4 Å². The van der Waals surface area contributed by atoms with E-state index < -0.39 is 22.0 Å². The zero-order valence-corrected chi connectivity index (χ0v) is 23.7. The van der Waals surface area contributed by atoms with Crippen LogP contribution in [0.2, 0.25) is 5.02 Å². The number of nitrogens with zero attached hydrogens (tertiary/aromatic N) is 1. The first kappa shape index (κ1) is 26.7. The van der Waals surface area contributed by atoms with Crippen molar-refractivity contribution in [2.45, 2.75) is 50.5 Å². The van der Waals surface area contributed by atoms with Crippen LogP contribution in [0.5, 0.6) is 5.75 Å². The maximum absolute atomic E-state index is 13.1. The Kier molecular flexibility index (Phi) is 6.92. The SMILES string of the molecule is C[C@H]1/C=C/[C@H](O)[C@@H]2CC[C@H]2CN2C[C@@]3(CCCc4cc(Cl)ccc43)COc3ccc(cc32)C(=O)NS(=O)(=O)C1. The minimum Gasteiger partial charge on any atom is -0.490 e. The van der Waals surface area contributed by atoms with E-state index in [4.69, 9.17) is 16.3 Å². The number of carbonyl (C=O) groups is 1. The van der Waals surface area contributed by atoms with Crippen LogP contribution in [0.1, 0.15) is 54.1 Å². The molecular weight excluding hydrogens is 536 g/mol. The second-order valence-electron chi connectivity index (χ2n) is 11.9. The first-order chi connectivity index (χ1) is 18.6. The molecule has 1 fully saturated rings. The van der Waals surface area contributed by atoms with E-state index in [0.717, 1.165) is 49.4 Å². The maximum Gasteiger partial charge on any atom is 0.264 e. The van der Waals surface area contributed by atoms with Gasteiger partial charge < -0.3 is 14.7 Å². The van der Waals surface area contributed by atoms with Crippen molar-refractivity contribution in [2.24, 2.45) is 17.8 Å². The number of amides is 1. The van der Waals surface area contributed by atoms with E-state index in [1.54, 1.807) is 37.3 Å². The average molecular weight is 571 g/mol. The maximum atomic E-state index is 13.1. The Labute approximate surface area is 235 Å². The molecule has 0 radical (unpaired) electrons. The third-order valence-corrected chi connectivity index (χ3v) is 10.7. The van der Waals surface area contributed by atoms with Crippen LogP contribution in [0.15, 0.2) is 48.6 Å². The molecule has 0 unspecified atom stereocenters. The molecule has 2 N–H and O–H groups in total. The number of nitrogens with one attached hydrogen (secondary N) is 1. The zero-order valence-electron chi connectivity index (χ0n) is 22.1. The quantitative estimate of drug-likeness (QED) is 0.454. The molecule has 0 saturated heterocycles. The fraction of sp³-hybridized carbons (Fsp3) is 0.500. The summed E-state index contributed by atoms with van der Waals surface area (Å²) in [7, 11) is -3.87. The molecule has 7 nitrogen and oxygen atoms in total. The van der Waals surface area contributed by atoms with Gasteiger partial charge in [-0.15, -0.1) is 0 Å². The lowest BCUT2D eigenvalue weighted by molar-refractivity contribution is 0.0455. The number of sulfonamides is 1. The number of ether oxygens (including phenoxy) is 1. The van der Waals surface area contributed by atoms with Gasteiger partial charge in [0.1, 0.15) is 5.75 Å². The molecule has 2 heterocycles. The Morgan fingerprint density at radius 3 is 2.79 bits per heavy atom. The van der Waals surface area contributed by atoms with Crippen molar-refractivity contribution in [3.05, 3.63) is 70.3 Å². The summed E-state index contributed by atoms with van der Waals surface area (Å²) in [6.07, 6.45) is 7.74. The molecule has 1 saturated carbocycles. The number of benzene rings is 2. The van der Waals surface area contributed by atoms with Gasteiger partial charge in [-0.05, 0) is 91.3 Å². The summed E-state index contributed by atoms with van der Waals surface area (Å²) in [5, 5.41) is 11.7. The van der Waals surface area contributed by atoms with Crippen molar-refractivity contribution in [1.29, 1.82) is 0 Å². The smallest absolute Gasteiger partial charge is 0.264 e. The van der Waals surface area contributed by atoms with Gasteiger partial charge >= 0.3 is 0 Å². The largest absolute Gasteiger partial charge is 0.490 e. The van der Waals surface area contributed by atoms with Crippen molar-refractivity contribution in [3.8, 4) is 5.75 Å². The summed E-state index contributed by atoms with van der Waals surface area (Å²) in [4.78, 5) is 15.4. The molecule has 6 rings (SSSR count). The lowest BCUT2D eigenvalue weighted by Crippen LogP contribution is -2.49. The van der Waals surface area contributed by atoms with E-state index in [-0.39, 0.29) is 34.5 Å². The molecular formula is C30H35ClN2O5S. The third kappa shape index (κ3) is 5.19. The Hall–Kier alpha value is -2.55. The normalized spacial score (nSPS) is 32.7. The van der Waals surface area contributed by atoms with Gasteiger partial charge in [0.05, 0.1) is 24.2 Å². The first-order valence-corrected chi connectivity index (χ1v) is 15.9. The predicted molar refractivity (Wildman–Crippen MR) is 152 cm³/mol. The standard InChI is InChI=1S/C30H35ClN2O5S/c1-19-4-10-27(34)24-8-5-22(24)15-33-17-30(12-2-3-20-13-23(31)7-9-25(20)30)18-38-28-11-6-21(14-26(28)33)29(35)32-39(36,37)16-19/h4,6-7,9-11,13-14,19,22,24,27,34H,2-3,5,8,12,15-18H2,1H3,(H,32,35)/b10-4+/t19-,22-,24+,27-,30-/m0/s1. The second-order valence-corrected chi connectivity index (χ2v) is 14.1. The van der Waals surface area contributed by atoms with E-state index in [1.807, 2.05) is 6.07 Å². The summed E-state index contributed by atoms with van der Waals surface area (Å²) in [5.74, 6) is -0.186. The predicted octanol–water partition coefficient (Wildman–Crippen LogP) is 4.47. The van der Waals surface area contributed by atoms with Gasteiger partial charge in [-0.3, -0.25) is 4.79 Å². The Balaban J connectivity index is 1.43. The van der Waals surface area contributed by atoms with Crippen LogP contribution in [0.25, 0.3) is 0 Å². The number of aryl methyl sites for hydroxylation is 1. The molecule has 2 aromatic carbocycles. The molecule has 4 aliphatic rings. The van der Waals surface area contributed by atoms with Crippen LogP contribution in [0, 0.1) is 17.8 Å². The lowest BCUT2D eigenvalue weighted by Gasteiger charge is -2.45. The van der Waals surface area contributed by atoms with E-state index in [2.05, 4.69) is 21.8 Å². The van der Waals surface area contributed by atoms with Crippen molar-refractivity contribution in [3.63, 3.8) is 0 Å². The van der Waals surface area contributed by atoms with Gasteiger partial charge in [0.25, 0.3) is 5.91 Å². The highest BCUT2D eigenvalue weighted by Crippen LogP contribution is 2.46. The molecule has 2 aliphatic carbocycles. The molecule has 5 atom stereocenters. The summed E-state index contributed by atoms with van der Waals surface area (Å²) < 4.78 is 34.2. The highest BCUT2D eigenvalue weighted by Gasteiger charge is 2.44. The van der Waals surface area contributed by atoms with Crippen LogP contribution >= 0.6 is 11.6 Å². The Morgan fingerprint density at radius 1 is 1.15 bits per heavy atom. The fourth-order valence-electron chi connectivity index (χ4n) is 6.90. The minimum absolute atomic E-state index is 0.0964. The summed E-state index contributed by atoms with van der Waals surface area (Å²) >= 11 is 6.36. The molecule has 1 spiro atoms. The zero-order chi connectivity index (χ0) is 27.4. The molecule has 0 aromatic heterocycles. The number of carbonyl (C=O) groups excluding carboxylic acids is 1. The van der Waals surface area contributed by atoms with Gasteiger partial charge in [0.15, 0.2) is 0 Å². The molecule has 2 aromatic rings. The minimum atomic E-state index is -3.87. The fourth-order valence-corrected chi connectivity index (χ4v) is 8.38. The number of rotatable bonds is 0. The number of hydrogen-bond acceptors (Lipinski definition) is 6. The van der Waals surface area contributed by atoms with Crippen LogP contribution in [0.4, 0.5) is 5.69 Å². The van der Waals surface area contributed by atoms with Crippen molar-refractivity contribution < 1.29 is 23.1 Å². The molecule has 9 heteroatoms. The molecule has 39 heavy (non-hydrogen) atoms. The highest BCUT2D eigenvalue weighted by molar-refractivity contribution is 7.90. The van der Waals surface area contributed by atoms with E-state index in [1.165, 1.54) is 11.1 Å². The monoisotopic (exact) mass is 570 g/mol. The van der Waals surface area contributed by atoms with Gasteiger partial charge in [-0.1, -0.05) is 36.7 Å². The summed E-state index contributed by atoms with van der Waals surface area (Å²) in [5.41, 5.74) is 3.33. The van der Waals surface area contributed by atoms with Gasteiger partial charge in [-0.25, -0.2) is 13.1 Å². The van der Waals surface area contributed by atoms with E-state index >= 15 is 0 Å². The van der Waals surface area contributed by atoms with Crippen LogP contribution in [-0.4, -0.2) is 51.0 Å². The number of fused-ring (bicyclic) bond motifs is 4. The number of aliphatic hydroxyl groups excluding tert-OH is 1. The van der Waals surface area contributed by atoms with Gasteiger partial charge in [-0.2, -0.15) is 0 Å². The lowest BCUT2D eigenvalue weighted by atomic mass is 9.68. The summed E-state index contributed by atoms with van der Waals surface area (Å²) in [6.45, 7) is 3.69. The van der Waals surface area contributed by atoms with Crippen molar-refractivity contribution >= 4 is 33.2 Å². The van der Waals surface area contributed by atoms with Gasteiger partial charge in [0, 0.05) is 29.1 Å². The molecule has 2 aliphatic heterocycles. The molecule has 208 valence electrons. The summed E-state index contributed by atoms with van der Waals surface area (Å²) in [6, 6.07) is 11.3. The van der Waals surface area contributed by atoms with E-state index in [0.29, 0.717) is 18.9 Å². The van der Waals surface area contributed by atoms with E-state index in [9.17, 15) is 18.3 Å². The van der Waals surface area contributed by atoms with Crippen LogP contribution in [-0.2, 0) is 21.9 Å². The topological polar surface area (TPSA) is 95.9 Å². The highest BCUT2D eigenvalue weighted by atomic mass is 35.5. The van der Waals surface area contributed by atoms with Crippen molar-refractivity contribution in [2.75, 3.05) is 30.3 Å². The first-order valence-electron chi connectivity index (χ1n) is 13.8. The number of aliphatic hydroxyl groups is 1. The second kappa shape index (κ2) is 10.1. The average Bonchev–Trinajstić information content (AvgIpc) is 3.01. The number of halogens is 1. The number of allylic oxidation sites excluding steroid dienone is 1. The van der Waals surface area contributed by atoms with Crippen molar-refractivity contribution in [1.82, 2.24) is 4.72 Å². The van der Waals surface area contributed by atoms with Gasteiger partial charge in [0.2, 0.25) is 10.0 Å². The Bertz CT molecular complexity index is 1430. The Morgan fingerprint density at radius 2 is 2.00 bits per heavy atom. The third-order valence-electron chi connectivity index (χ3n) is 9.04.